The van der Waals surface area contributed by atoms with Crippen LogP contribution in [0.1, 0.15) is 49.3 Å². The van der Waals surface area contributed by atoms with Crippen LogP contribution >= 0.6 is 0 Å². The fraction of sp³-hybridized carbons (Fsp3) is 0.381. The van der Waals surface area contributed by atoms with E-state index in [0.717, 1.165) is 17.7 Å². The van der Waals surface area contributed by atoms with Gasteiger partial charge < -0.3 is 19.7 Å². The molecule has 5 heteroatoms. The molecule has 1 aliphatic heterocycles. The highest BCUT2D eigenvalue weighted by Crippen LogP contribution is 2.38. The number of hydrogen-bond acceptors (Lipinski definition) is 4. The fourth-order valence-electron chi connectivity index (χ4n) is 3.29. The Morgan fingerprint density at radius 3 is 2.62 bits per heavy atom. The molecule has 2 atom stereocenters. The number of para-hydroxylation sites is 1. The van der Waals surface area contributed by atoms with Crippen LogP contribution in [0, 0.1) is 0 Å². The Morgan fingerprint density at radius 1 is 1.15 bits per heavy atom. The van der Waals surface area contributed by atoms with Crippen molar-refractivity contribution < 1.29 is 14.3 Å². The van der Waals surface area contributed by atoms with Crippen LogP contribution in [0.5, 0.6) is 11.5 Å². The molecular weight excluding hydrogens is 328 g/mol. The monoisotopic (exact) mass is 354 g/mol. The van der Waals surface area contributed by atoms with Gasteiger partial charge in [-0.3, -0.25) is 4.79 Å². The van der Waals surface area contributed by atoms with Crippen LogP contribution in [-0.2, 0) is 0 Å². The first-order chi connectivity index (χ1) is 12.6. The van der Waals surface area contributed by atoms with Crippen molar-refractivity contribution in [1.82, 2.24) is 4.90 Å². The van der Waals surface area contributed by atoms with Gasteiger partial charge in [-0.2, -0.15) is 0 Å². The topological polar surface area (TPSA) is 50.8 Å². The lowest BCUT2D eigenvalue weighted by Crippen LogP contribution is -2.47. The molecule has 0 fully saturated rings. The Labute approximate surface area is 154 Å². The molecule has 0 unspecified atom stereocenters. The van der Waals surface area contributed by atoms with Crippen LogP contribution in [-0.4, -0.2) is 30.6 Å². The zero-order chi connectivity index (χ0) is 18.7. The molecule has 1 amide bonds. The molecule has 138 valence electrons. The van der Waals surface area contributed by atoms with Gasteiger partial charge in [0.15, 0.2) is 11.5 Å². The molecule has 0 aliphatic carbocycles. The molecule has 0 radical (unpaired) electrons. The number of ether oxygens (including phenoxy) is 2. The van der Waals surface area contributed by atoms with Gasteiger partial charge >= 0.3 is 0 Å². The molecular formula is C21H26N2O3. The second kappa shape index (κ2) is 7.68. The molecule has 26 heavy (non-hydrogen) atoms. The highest BCUT2D eigenvalue weighted by molar-refractivity contribution is 6.01. The molecule has 1 heterocycles. The molecule has 2 aromatic carbocycles. The van der Waals surface area contributed by atoms with Gasteiger partial charge in [-0.05, 0) is 50.1 Å². The molecule has 1 aliphatic rings. The van der Waals surface area contributed by atoms with Gasteiger partial charge in [0.05, 0.1) is 19.3 Å². The summed E-state index contributed by atoms with van der Waals surface area (Å²) >= 11 is 0. The van der Waals surface area contributed by atoms with Gasteiger partial charge in [-0.15, -0.1) is 0 Å². The number of anilines is 1. The van der Waals surface area contributed by atoms with E-state index in [4.69, 9.17) is 9.47 Å². The van der Waals surface area contributed by atoms with Gasteiger partial charge in [-0.1, -0.05) is 25.1 Å². The zero-order valence-electron chi connectivity index (χ0n) is 15.8. The van der Waals surface area contributed by atoms with E-state index in [1.54, 1.807) is 7.11 Å². The Balaban J connectivity index is 2.05. The van der Waals surface area contributed by atoms with Crippen LogP contribution in [0.3, 0.4) is 0 Å². The minimum atomic E-state index is -0.253. The van der Waals surface area contributed by atoms with E-state index in [0.29, 0.717) is 23.7 Å². The lowest BCUT2D eigenvalue weighted by molar-refractivity contribution is 0.0593. The van der Waals surface area contributed by atoms with Gasteiger partial charge in [0, 0.05) is 11.7 Å². The van der Waals surface area contributed by atoms with E-state index in [9.17, 15) is 4.79 Å². The summed E-state index contributed by atoms with van der Waals surface area (Å²) in [6.07, 6.45) is 0.622. The molecule has 2 aromatic rings. The Bertz CT molecular complexity index is 791. The number of methoxy groups -OCH3 is 1. The van der Waals surface area contributed by atoms with Crippen LogP contribution in [0.4, 0.5) is 5.69 Å². The van der Waals surface area contributed by atoms with E-state index < -0.39 is 0 Å². The molecule has 0 saturated heterocycles. The SMILES string of the molecule is CCOc1ccc([C@@H]2Nc3ccccc3C(=O)N2[C@@H](C)CC)cc1OC. The predicted octanol–water partition coefficient (Wildman–Crippen LogP) is 4.46. The first kappa shape index (κ1) is 18.1. The third kappa shape index (κ3) is 3.21. The van der Waals surface area contributed by atoms with Crippen molar-refractivity contribution in [1.29, 1.82) is 0 Å². The van der Waals surface area contributed by atoms with Gasteiger partial charge in [-0.25, -0.2) is 0 Å². The number of carbonyl (C=O) groups excluding carboxylic acids is 1. The summed E-state index contributed by atoms with van der Waals surface area (Å²) in [5, 5.41) is 3.52. The summed E-state index contributed by atoms with van der Waals surface area (Å²) in [6, 6.07) is 13.6. The van der Waals surface area contributed by atoms with Crippen molar-refractivity contribution in [3.05, 3.63) is 53.6 Å². The molecule has 0 bridgehead atoms. The highest BCUT2D eigenvalue weighted by Gasteiger charge is 2.35. The maximum absolute atomic E-state index is 13.2. The molecule has 3 rings (SSSR count). The quantitative estimate of drug-likeness (QED) is 0.832. The van der Waals surface area contributed by atoms with Crippen molar-refractivity contribution in [3.8, 4) is 11.5 Å². The van der Waals surface area contributed by atoms with E-state index >= 15 is 0 Å². The summed E-state index contributed by atoms with van der Waals surface area (Å²) in [5.74, 6) is 1.42. The summed E-state index contributed by atoms with van der Waals surface area (Å²) in [4.78, 5) is 15.1. The number of carbonyl (C=O) groups is 1. The third-order valence-electron chi connectivity index (χ3n) is 4.83. The number of amides is 1. The molecule has 5 nitrogen and oxygen atoms in total. The Hall–Kier alpha value is -2.69. The standard InChI is InChI=1S/C21H26N2O3/c1-5-14(3)23-20(22-17-10-8-7-9-16(17)21(23)24)15-11-12-18(26-6-2)19(13-15)25-4/h7-14,20,22H,5-6H2,1-4H3/t14-,20+/m0/s1. The number of nitrogens with zero attached hydrogens (tertiary/aromatic N) is 1. The molecule has 1 N–H and O–H groups in total. The van der Waals surface area contributed by atoms with Gasteiger partial charge in [0.1, 0.15) is 6.17 Å². The second-order valence-corrected chi connectivity index (χ2v) is 6.41. The normalized spacial score (nSPS) is 17.3. The number of fused-ring (bicyclic) bond motifs is 1. The highest BCUT2D eigenvalue weighted by atomic mass is 16.5. The van der Waals surface area contributed by atoms with Gasteiger partial charge in [0.25, 0.3) is 5.91 Å². The number of nitrogens with one attached hydrogen (secondary N) is 1. The van der Waals surface area contributed by atoms with E-state index in [-0.39, 0.29) is 18.1 Å². The summed E-state index contributed by atoms with van der Waals surface area (Å²) in [5.41, 5.74) is 2.53. The lowest BCUT2D eigenvalue weighted by atomic mass is 10.0. The Morgan fingerprint density at radius 2 is 1.92 bits per heavy atom. The van der Waals surface area contributed by atoms with Gasteiger partial charge in [0.2, 0.25) is 0 Å². The third-order valence-corrected chi connectivity index (χ3v) is 4.83. The maximum Gasteiger partial charge on any atom is 0.258 e. The summed E-state index contributed by atoms with van der Waals surface area (Å²) in [7, 11) is 1.63. The number of rotatable bonds is 6. The maximum atomic E-state index is 13.2. The minimum Gasteiger partial charge on any atom is -0.493 e. The first-order valence-electron chi connectivity index (χ1n) is 9.09. The van der Waals surface area contributed by atoms with Crippen molar-refractivity contribution in [2.75, 3.05) is 19.0 Å². The van der Waals surface area contributed by atoms with Crippen molar-refractivity contribution >= 4 is 11.6 Å². The van der Waals surface area contributed by atoms with Crippen LogP contribution < -0.4 is 14.8 Å². The molecule has 0 spiro atoms. The average molecular weight is 354 g/mol. The smallest absolute Gasteiger partial charge is 0.258 e. The van der Waals surface area contributed by atoms with Crippen LogP contribution in [0.15, 0.2) is 42.5 Å². The van der Waals surface area contributed by atoms with E-state index in [2.05, 4.69) is 19.2 Å². The molecule has 0 saturated carbocycles. The second-order valence-electron chi connectivity index (χ2n) is 6.41. The van der Waals surface area contributed by atoms with Crippen molar-refractivity contribution in [2.24, 2.45) is 0 Å². The molecule has 0 aromatic heterocycles. The fourth-order valence-corrected chi connectivity index (χ4v) is 3.29. The number of benzene rings is 2. The summed E-state index contributed by atoms with van der Waals surface area (Å²) < 4.78 is 11.1. The van der Waals surface area contributed by atoms with Crippen LogP contribution in [0.2, 0.25) is 0 Å². The first-order valence-corrected chi connectivity index (χ1v) is 9.09. The average Bonchev–Trinajstić information content (AvgIpc) is 2.68. The van der Waals surface area contributed by atoms with E-state index in [1.165, 1.54) is 0 Å². The minimum absolute atomic E-state index is 0.0477. The Kier molecular flexibility index (Phi) is 5.35. The predicted molar refractivity (Wildman–Crippen MR) is 103 cm³/mol. The summed E-state index contributed by atoms with van der Waals surface area (Å²) in [6.45, 7) is 6.68. The van der Waals surface area contributed by atoms with Crippen LogP contribution in [0.25, 0.3) is 0 Å². The largest absolute Gasteiger partial charge is 0.493 e. The zero-order valence-corrected chi connectivity index (χ0v) is 15.8. The van der Waals surface area contributed by atoms with Crippen molar-refractivity contribution in [3.63, 3.8) is 0 Å². The van der Waals surface area contributed by atoms with E-state index in [1.807, 2.05) is 54.3 Å². The van der Waals surface area contributed by atoms with Crippen molar-refractivity contribution in [2.45, 2.75) is 39.4 Å². The lowest BCUT2D eigenvalue weighted by Gasteiger charge is -2.41. The number of hydrogen-bond donors (Lipinski definition) is 1.